The van der Waals surface area contributed by atoms with Crippen molar-refractivity contribution in [1.29, 1.82) is 0 Å². The summed E-state index contributed by atoms with van der Waals surface area (Å²) in [4.78, 5) is 0. The fourth-order valence-corrected chi connectivity index (χ4v) is 2.00. The molecule has 1 saturated heterocycles. The molecule has 2 unspecified atom stereocenters. The van der Waals surface area contributed by atoms with E-state index in [0.717, 1.165) is 22.7 Å². The summed E-state index contributed by atoms with van der Waals surface area (Å²) in [5, 5.41) is 0.771. The molecule has 4 N–H and O–H groups in total. The molecule has 2 rings (SSSR count). The van der Waals surface area contributed by atoms with Gasteiger partial charge in [0, 0.05) is 22.8 Å². The highest BCUT2D eigenvalue weighted by Gasteiger charge is 2.23. The second-order valence-electron chi connectivity index (χ2n) is 3.76. The molecule has 0 amide bonds. The molecule has 1 aromatic carbocycles. The summed E-state index contributed by atoms with van der Waals surface area (Å²) < 4.78 is 0. The van der Waals surface area contributed by atoms with Gasteiger partial charge in [0.15, 0.2) is 0 Å². The van der Waals surface area contributed by atoms with E-state index in [4.69, 9.17) is 17.3 Å². The maximum Gasteiger partial charge on any atom is 0.0493 e. The van der Waals surface area contributed by atoms with Gasteiger partial charge in [-0.1, -0.05) is 11.6 Å². The summed E-state index contributed by atoms with van der Waals surface area (Å²) in [6.45, 7) is 2.13. The first kappa shape index (κ1) is 9.77. The molecular weight excluding hydrogens is 198 g/mol. The second kappa shape index (κ2) is 3.77. The SMILES string of the molecule is CC1CC(c2cc(N)ccc2Cl)NN1. The van der Waals surface area contributed by atoms with Crippen molar-refractivity contribution in [3.8, 4) is 0 Å². The van der Waals surface area contributed by atoms with Gasteiger partial charge in [-0.3, -0.25) is 5.43 Å². The van der Waals surface area contributed by atoms with Crippen LogP contribution in [0.5, 0.6) is 0 Å². The Morgan fingerprint density at radius 3 is 2.86 bits per heavy atom. The lowest BCUT2D eigenvalue weighted by atomic mass is 10.0. The van der Waals surface area contributed by atoms with Gasteiger partial charge in [0.25, 0.3) is 0 Å². The van der Waals surface area contributed by atoms with Crippen LogP contribution in [0.15, 0.2) is 18.2 Å². The molecule has 0 bridgehead atoms. The normalized spacial score (nSPS) is 26.7. The van der Waals surface area contributed by atoms with Crippen LogP contribution < -0.4 is 16.6 Å². The predicted molar refractivity (Wildman–Crippen MR) is 59.0 cm³/mol. The molecular formula is C10H14ClN3. The lowest BCUT2D eigenvalue weighted by Gasteiger charge is -2.12. The molecule has 4 heteroatoms. The van der Waals surface area contributed by atoms with Gasteiger partial charge in [-0.2, -0.15) is 0 Å². The summed E-state index contributed by atoms with van der Waals surface area (Å²) in [7, 11) is 0. The third kappa shape index (κ3) is 1.85. The van der Waals surface area contributed by atoms with Crippen LogP contribution in [-0.2, 0) is 0 Å². The number of hydrazine groups is 1. The van der Waals surface area contributed by atoms with Gasteiger partial charge in [0.2, 0.25) is 0 Å². The molecule has 1 aliphatic rings. The van der Waals surface area contributed by atoms with Gasteiger partial charge >= 0.3 is 0 Å². The maximum absolute atomic E-state index is 6.10. The highest BCUT2D eigenvalue weighted by atomic mass is 35.5. The zero-order valence-electron chi connectivity index (χ0n) is 8.05. The van der Waals surface area contributed by atoms with E-state index in [0.29, 0.717) is 6.04 Å². The monoisotopic (exact) mass is 211 g/mol. The van der Waals surface area contributed by atoms with Crippen LogP contribution in [0, 0.1) is 0 Å². The molecule has 1 aromatic rings. The molecule has 0 saturated carbocycles. The average molecular weight is 212 g/mol. The fraction of sp³-hybridized carbons (Fsp3) is 0.400. The van der Waals surface area contributed by atoms with Crippen molar-refractivity contribution in [3.05, 3.63) is 28.8 Å². The molecule has 1 fully saturated rings. The maximum atomic E-state index is 6.10. The molecule has 0 radical (unpaired) electrons. The molecule has 1 heterocycles. The first-order valence-electron chi connectivity index (χ1n) is 4.73. The third-order valence-corrected chi connectivity index (χ3v) is 2.83. The molecule has 0 spiro atoms. The first-order valence-corrected chi connectivity index (χ1v) is 5.10. The molecule has 14 heavy (non-hydrogen) atoms. The molecule has 2 atom stereocenters. The number of hydrogen-bond donors (Lipinski definition) is 3. The molecule has 0 aromatic heterocycles. The van der Waals surface area contributed by atoms with Gasteiger partial charge in [-0.25, -0.2) is 5.43 Å². The zero-order chi connectivity index (χ0) is 10.1. The number of halogens is 1. The number of nitrogens with two attached hydrogens (primary N) is 1. The van der Waals surface area contributed by atoms with Gasteiger partial charge < -0.3 is 5.73 Å². The number of rotatable bonds is 1. The summed E-state index contributed by atoms with van der Waals surface area (Å²) in [5.41, 5.74) is 13.9. The van der Waals surface area contributed by atoms with E-state index in [1.807, 2.05) is 18.2 Å². The molecule has 3 nitrogen and oxygen atoms in total. The van der Waals surface area contributed by atoms with E-state index in [1.165, 1.54) is 0 Å². The van der Waals surface area contributed by atoms with E-state index in [2.05, 4.69) is 17.8 Å². The Labute approximate surface area is 88.6 Å². The Morgan fingerprint density at radius 1 is 1.43 bits per heavy atom. The van der Waals surface area contributed by atoms with Crippen molar-refractivity contribution in [2.24, 2.45) is 0 Å². The number of benzene rings is 1. The molecule has 1 aliphatic heterocycles. The Hall–Kier alpha value is -0.770. The Bertz CT molecular complexity index is 340. The summed E-state index contributed by atoms with van der Waals surface area (Å²) in [6.07, 6.45) is 1.03. The van der Waals surface area contributed by atoms with Crippen molar-refractivity contribution >= 4 is 17.3 Å². The summed E-state index contributed by atoms with van der Waals surface area (Å²) in [5.74, 6) is 0. The largest absolute Gasteiger partial charge is 0.399 e. The van der Waals surface area contributed by atoms with Crippen LogP contribution in [0.4, 0.5) is 5.69 Å². The minimum absolute atomic E-state index is 0.265. The van der Waals surface area contributed by atoms with Crippen molar-refractivity contribution in [3.63, 3.8) is 0 Å². The topological polar surface area (TPSA) is 50.1 Å². The van der Waals surface area contributed by atoms with Gasteiger partial charge in [0.1, 0.15) is 0 Å². The van der Waals surface area contributed by atoms with Crippen LogP contribution in [0.25, 0.3) is 0 Å². The Kier molecular flexibility index (Phi) is 2.63. The smallest absolute Gasteiger partial charge is 0.0493 e. The third-order valence-electron chi connectivity index (χ3n) is 2.49. The van der Waals surface area contributed by atoms with Crippen molar-refractivity contribution in [2.45, 2.75) is 25.4 Å². The fourth-order valence-electron chi connectivity index (χ4n) is 1.75. The second-order valence-corrected chi connectivity index (χ2v) is 4.17. The quantitative estimate of drug-likeness (QED) is 0.622. The van der Waals surface area contributed by atoms with Crippen LogP contribution >= 0.6 is 11.6 Å². The number of nitrogens with one attached hydrogen (secondary N) is 2. The number of hydrogen-bond acceptors (Lipinski definition) is 3. The average Bonchev–Trinajstić information content (AvgIpc) is 2.56. The number of nitrogen functional groups attached to an aromatic ring is 1. The minimum atomic E-state index is 0.265. The standard InChI is InChI=1S/C10H14ClN3/c1-6-4-10(14-13-6)8-5-7(12)2-3-9(8)11/h2-3,5-6,10,13-14H,4,12H2,1H3. The summed E-state index contributed by atoms with van der Waals surface area (Å²) in [6, 6.07) is 6.33. The van der Waals surface area contributed by atoms with Gasteiger partial charge in [-0.05, 0) is 37.1 Å². The van der Waals surface area contributed by atoms with Crippen LogP contribution in [-0.4, -0.2) is 6.04 Å². The predicted octanol–water partition coefficient (Wildman–Crippen LogP) is 1.85. The van der Waals surface area contributed by atoms with E-state index < -0.39 is 0 Å². The Morgan fingerprint density at radius 2 is 2.21 bits per heavy atom. The van der Waals surface area contributed by atoms with E-state index in [9.17, 15) is 0 Å². The Balaban J connectivity index is 2.27. The lowest BCUT2D eigenvalue weighted by Crippen LogP contribution is -2.28. The highest BCUT2D eigenvalue weighted by molar-refractivity contribution is 6.31. The highest BCUT2D eigenvalue weighted by Crippen LogP contribution is 2.29. The molecule has 76 valence electrons. The van der Waals surface area contributed by atoms with E-state index >= 15 is 0 Å². The lowest BCUT2D eigenvalue weighted by molar-refractivity contribution is 0.561. The molecule has 0 aliphatic carbocycles. The van der Waals surface area contributed by atoms with E-state index in [1.54, 1.807) is 0 Å². The van der Waals surface area contributed by atoms with Crippen LogP contribution in [0.3, 0.4) is 0 Å². The van der Waals surface area contributed by atoms with Crippen molar-refractivity contribution in [2.75, 3.05) is 5.73 Å². The van der Waals surface area contributed by atoms with Crippen LogP contribution in [0.2, 0.25) is 5.02 Å². The van der Waals surface area contributed by atoms with Gasteiger partial charge in [-0.15, -0.1) is 0 Å². The van der Waals surface area contributed by atoms with Crippen molar-refractivity contribution < 1.29 is 0 Å². The van der Waals surface area contributed by atoms with E-state index in [-0.39, 0.29) is 6.04 Å². The van der Waals surface area contributed by atoms with Crippen molar-refractivity contribution in [1.82, 2.24) is 10.9 Å². The van der Waals surface area contributed by atoms with Gasteiger partial charge in [0.05, 0.1) is 0 Å². The van der Waals surface area contributed by atoms with Crippen LogP contribution in [0.1, 0.15) is 24.9 Å². The summed E-state index contributed by atoms with van der Waals surface area (Å²) >= 11 is 6.10. The first-order chi connectivity index (χ1) is 6.66. The number of anilines is 1. The zero-order valence-corrected chi connectivity index (χ0v) is 8.81. The minimum Gasteiger partial charge on any atom is -0.399 e.